The number of alkyl halides is 3. The molecule has 1 unspecified atom stereocenters. The molecule has 1 aliphatic heterocycles. The molecule has 100 valence electrons. The summed E-state index contributed by atoms with van der Waals surface area (Å²) in [6.45, 7) is 0.692. The molecular formula is C10H11F3N2O3. The molecule has 2 heterocycles. The van der Waals surface area contributed by atoms with Gasteiger partial charge in [-0.15, -0.1) is 0 Å². The monoisotopic (exact) mass is 264 g/mol. The second kappa shape index (κ2) is 4.27. The first-order valence-electron chi connectivity index (χ1n) is 5.32. The number of aromatic carboxylic acids is 1. The predicted molar refractivity (Wildman–Crippen MR) is 53.1 cm³/mol. The van der Waals surface area contributed by atoms with Gasteiger partial charge in [0, 0.05) is 0 Å². The topological polar surface area (TPSA) is 66.6 Å². The molecule has 8 heteroatoms. The summed E-state index contributed by atoms with van der Waals surface area (Å²) in [5.41, 5.74) is -0.144. The molecule has 1 fully saturated rings. The van der Waals surface area contributed by atoms with E-state index in [1.807, 2.05) is 0 Å². The first kappa shape index (κ1) is 12.9. The molecule has 1 atom stereocenters. The van der Waals surface area contributed by atoms with Crippen LogP contribution in [-0.2, 0) is 6.18 Å². The highest BCUT2D eigenvalue weighted by atomic mass is 19.4. The lowest BCUT2D eigenvalue weighted by Gasteiger charge is -2.16. The molecule has 0 aromatic carbocycles. The van der Waals surface area contributed by atoms with Crippen LogP contribution in [0.2, 0.25) is 0 Å². The van der Waals surface area contributed by atoms with Crippen molar-refractivity contribution in [3.63, 3.8) is 0 Å². The van der Waals surface area contributed by atoms with Crippen LogP contribution in [0.3, 0.4) is 0 Å². The molecule has 0 bridgehead atoms. The average molecular weight is 264 g/mol. The zero-order valence-electron chi connectivity index (χ0n) is 9.49. The zero-order chi connectivity index (χ0) is 13.5. The minimum atomic E-state index is -4.78. The van der Waals surface area contributed by atoms with E-state index in [9.17, 15) is 18.0 Å². The maximum absolute atomic E-state index is 12.5. The third-order valence-corrected chi connectivity index (χ3v) is 2.93. The van der Waals surface area contributed by atoms with Crippen molar-refractivity contribution in [2.75, 3.05) is 13.6 Å². The summed E-state index contributed by atoms with van der Waals surface area (Å²) in [4.78, 5) is 16.0. The highest BCUT2D eigenvalue weighted by molar-refractivity contribution is 5.85. The summed E-state index contributed by atoms with van der Waals surface area (Å²) in [5, 5.41) is 8.87. The van der Waals surface area contributed by atoms with Crippen LogP contribution in [0.1, 0.15) is 41.0 Å². The first-order chi connectivity index (χ1) is 8.30. The Morgan fingerprint density at radius 3 is 2.67 bits per heavy atom. The average Bonchev–Trinajstić information content (AvgIpc) is 2.81. The Kier molecular flexibility index (Phi) is 3.05. The minimum absolute atomic E-state index is 0.144. The van der Waals surface area contributed by atoms with Crippen LogP contribution in [0, 0.1) is 0 Å². The molecule has 1 aromatic heterocycles. The summed E-state index contributed by atoms with van der Waals surface area (Å²) in [6, 6.07) is -0.434. The molecular weight excluding hydrogens is 253 g/mol. The Bertz CT molecular complexity index is 469. The van der Waals surface area contributed by atoms with Crippen LogP contribution in [0.15, 0.2) is 4.42 Å². The van der Waals surface area contributed by atoms with E-state index >= 15 is 0 Å². The Hall–Kier alpha value is -1.57. The summed E-state index contributed by atoms with van der Waals surface area (Å²) < 4.78 is 41.7. The highest BCUT2D eigenvalue weighted by Gasteiger charge is 2.41. The number of hydrogen-bond donors (Lipinski definition) is 1. The van der Waals surface area contributed by atoms with Gasteiger partial charge in [-0.1, -0.05) is 0 Å². The third kappa shape index (κ3) is 2.20. The van der Waals surface area contributed by atoms with E-state index in [0.29, 0.717) is 13.0 Å². The number of nitrogens with zero attached hydrogens (tertiary/aromatic N) is 2. The maximum atomic E-state index is 12.5. The van der Waals surface area contributed by atoms with Crippen molar-refractivity contribution in [1.82, 2.24) is 9.88 Å². The van der Waals surface area contributed by atoms with Crippen LogP contribution >= 0.6 is 0 Å². The van der Waals surface area contributed by atoms with Gasteiger partial charge in [0.25, 0.3) is 0 Å². The van der Waals surface area contributed by atoms with Gasteiger partial charge >= 0.3 is 18.0 Å². The van der Waals surface area contributed by atoms with Gasteiger partial charge in [-0.2, -0.15) is 13.2 Å². The van der Waals surface area contributed by atoms with E-state index in [2.05, 4.69) is 9.40 Å². The van der Waals surface area contributed by atoms with Gasteiger partial charge in [-0.3, -0.25) is 4.90 Å². The van der Waals surface area contributed by atoms with E-state index in [0.717, 1.165) is 6.42 Å². The van der Waals surface area contributed by atoms with E-state index in [1.165, 1.54) is 0 Å². The van der Waals surface area contributed by atoms with Crippen LogP contribution < -0.4 is 0 Å². The number of likely N-dealkylation sites (tertiary alicyclic amines) is 1. The number of aromatic nitrogens is 1. The molecule has 0 radical (unpaired) electrons. The number of oxazole rings is 1. The lowest BCUT2D eigenvalue weighted by atomic mass is 10.1. The molecule has 0 amide bonds. The van der Waals surface area contributed by atoms with Gasteiger partial charge in [0.15, 0.2) is 0 Å². The van der Waals surface area contributed by atoms with Gasteiger partial charge in [-0.05, 0) is 26.4 Å². The lowest BCUT2D eigenvalue weighted by molar-refractivity contribution is -0.157. The Morgan fingerprint density at radius 1 is 1.56 bits per heavy atom. The van der Waals surface area contributed by atoms with E-state index in [1.54, 1.807) is 11.9 Å². The second-order valence-electron chi connectivity index (χ2n) is 4.17. The summed E-state index contributed by atoms with van der Waals surface area (Å²) in [7, 11) is 1.71. The van der Waals surface area contributed by atoms with Gasteiger partial charge < -0.3 is 9.52 Å². The van der Waals surface area contributed by atoms with Crippen molar-refractivity contribution in [1.29, 1.82) is 0 Å². The van der Waals surface area contributed by atoms with Crippen molar-refractivity contribution in [3.8, 4) is 0 Å². The molecule has 1 aliphatic rings. The number of carbonyl (C=O) groups is 1. The summed E-state index contributed by atoms with van der Waals surface area (Å²) >= 11 is 0. The molecule has 1 saturated heterocycles. The highest BCUT2D eigenvalue weighted by Crippen LogP contribution is 2.36. The minimum Gasteiger partial charge on any atom is -0.475 e. The number of carboxylic acid groups (broad SMARTS) is 1. The molecule has 1 N–H and O–H groups in total. The standard InChI is InChI=1S/C10H11F3N2O3/c1-15-4-2-3-5(15)6-7(8(16)17)18-9(14-6)10(11,12)13/h5H,2-4H2,1H3,(H,16,17). The predicted octanol–water partition coefficient (Wildman–Crippen LogP) is 2.16. The van der Waals surface area contributed by atoms with Gasteiger partial charge in [-0.25, -0.2) is 9.78 Å². The number of carboxylic acids is 1. The molecule has 18 heavy (non-hydrogen) atoms. The molecule has 2 rings (SSSR count). The molecule has 0 saturated carbocycles. The van der Waals surface area contributed by atoms with Crippen molar-refractivity contribution < 1.29 is 27.5 Å². The van der Waals surface area contributed by atoms with Crippen LogP contribution in [-0.4, -0.2) is 34.6 Å². The Balaban J connectivity index is 2.45. The molecule has 0 aliphatic carbocycles. The molecule has 0 spiro atoms. The number of hydrogen-bond acceptors (Lipinski definition) is 4. The maximum Gasteiger partial charge on any atom is 0.468 e. The van der Waals surface area contributed by atoms with Gasteiger partial charge in [0.2, 0.25) is 5.76 Å². The fourth-order valence-corrected chi connectivity index (χ4v) is 2.09. The Labute approximate surface area is 100 Å². The molecule has 5 nitrogen and oxygen atoms in total. The largest absolute Gasteiger partial charge is 0.475 e. The summed E-state index contributed by atoms with van der Waals surface area (Å²) in [5.74, 6) is -3.76. The van der Waals surface area contributed by atoms with Crippen LogP contribution in [0.5, 0.6) is 0 Å². The van der Waals surface area contributed by atoms with E-state index < -0.39 is 29.8 Å². The second-order valence-corrected chi connectivity index (χ2v) is 4.17. The van der Waals surface area contributed by atoms with Crippen LogP contribution in [0.25, 0.3) is 0 Å². The fourth-order valence-electron chi connectivity index (χ4n) is 2.09. The van der Waals surface area contributed by atoms with E-state index in [4.69, 9.17) is 5.11 Å². The van der Waals surface area contributed by atoms with Crippen molar-refractivity contribution in [2.24, 2.45) is 0 Å². The van der Waals surface area contributed by atoms with Crippen LogP contribution in [0.4, 0.5) is 13.2 Å². The zero-order valence-corrected chi connectivity index (χ0v) is 9.49. The quantitative estimate of drug-likeness (QED) is 0.886. The fraction of sp³-hybridized carbons (Fsp3) is 0.600. The molecule has 1 aromatic rings. The van der Waals surface area contributed by atoms with Crippen molar-refractivity contribution in [2.45, 2.75) is 25.1 Å². The third-order valence-electron chi connectivity index (χ3n) is 2.93. The van der Waals surface area contributed by atoms with E-state index in [-0.39, 0.29) is 5.69 Å². The summed E-state index contributed by atoms with van der Waals surface area (Å²) in [6.07, 6.45) is -3.42. The SMILES string of the molecule is CN1CCCC1c1nc(C(F)(F)F)oc1C(=O)O. The van der Waals surface area contributed by atoms with Gasteiger partial charge in [0.05, 0.1) is 6.04 Å². The Morgan fingerprint density at radius 2 is 2.22 bits per heavy atom. The van der Waals surface area contributed by atoms with Gasteiger partial charge in [0.1, 0.15) is 5.69 Å². The lowest BCUT2D eigenvalue weighted by Crippen LogP contribution is -2.20. The van der Waals surface area contributed by atoms with Crippen molar-refractivity contribution in [3.05, 3.63) is 17.3 Å². The number of halogens is 3. The first-order valence-corrected chi connectivity index (χ1v) is 5.32. The smallest absolute Gasteiger partial charge is 0.468 e. The normalized spacial score (nSPS) is 21.4. The number of rotatable bonds is 2. The van der Waals surface area contributed by atoms with Crippen molar-refractivity contribution >= 4 is 5.97 Å².